The molecular formula is C22H20ClN7O2. The van der Waals surface area contributed by atoms with Crippen molar-refractivity contribution in [3.8, 4) is 0 Å². The fourth-order valence-corrected chi connectivity index (χ4v) is 3.03. The van der Waals surface area contributed by atoms with Crippen molar-refractivity contribution in [3.63, 3.8) is 0 Å². The van der Waals surface area contributed by atoms with E-state index in [0.717, 1.165) is 0 Å². The van der Waals surface area contributed by atoms with Crippen LogP contribution in [0.1, 0.15) is 26.3 Å². The maximum absolute atomic E-state index is 12.8. The molecule has 0 aliphatic heterocycles. The van der Waals surface area contributed by atoms with E-state index < -0.39 is 11.8 Å². The molecule has 32 heavy (non-hydrogen) atoms. The van der Waals surface area contributed by atoms with Crippen LogP contribution in [-0.2, 0) is 7.05 Å². The molecule has 0 aliphatic carbocycles. The van der Waals surface area contributed by atoms with Gasteiger partial charge in [0.25, 0.3) is 11.8 Å². The average Bonchev–Trinajstić information content (AvgIpc) is 3.14. The van der Waals surface area contributed by atoms with E-state index in [1.165, 1.54) is 23.0 Å². The molecule has 2 amide bonds. The molecule has 3 rings (SSSR count). The minimum atomic E-state index is -0.532. The van der Waals surface area contributed by atoms with Gasteiger partial charge in [0.1, 0.15) is 17.2 Å². The summed E-state index contributed by atoms with van der Waals surface area (Å²) >= 11 is 5.90. The van der Waals surface area contributed by atoms with Crippen LogP contribution in [0.2, 0.25) is 5.02 Å². The Hall–Kier alpha value is -4.16. The molecule has 10 heteroatoms. The summed E-state index contributed by atoms with van der Waals surface area (Å²) in [6.07, 6.45) is 1.33. The highest BCUT2D eigenvalue weighted by Crippen LogP contribution is 2.29. The molecule has 1 heterocycles. The zero-order valence-electron chi connectivity index (χ0n) is 17.6. The quantitative estimate of drug-likeness (QED) is 0.310. The molecule has 1 aromatic heterocycles. The predicted molar refractivity (Wildman–Crippen MR) is 124 cm³/mol. The van der Waals surface area contributed by atoms with Gasteiger partial charge in [-0.05, 0) is 30.3 Å². The number of nitrogens with zero attached hydrogens (tertiary/aromatic N) is 4. The topological polar surface area (TPSA) is 107 Å². The SMILES string of the molecule is [C-]#[N+]c1cc(Cl)ccc1NC(=O)c1cnn(C)c1NC(=O)c1ccc(C(=N)N(C)C)cc1. The number of rotatable bonds is 5. The van der Waals surface area contributed by atoms with Crippen LogP contribution in [0.3, 0.4) is 0 Å². The van der Waals surface area contributed by atoms with Crippen LogP contribution in [0.4, 0.5) is 17.2 Å². The molecule has 0 atom stereocenters. The zero-order valence-corrected chi connectivity index (χ0v) is 18.4. The lowest BCUT2D eigenvalue weighted by atomic mass is 10.1. The first-order valence-corrected chi connectivity index (χ1v) is 9.77. The molecule has 0 spiro atoms. The molecule has 0 saturated carbocycles. The van der Waals surface area contributed by atoms with Crippen molar-refractivity contribution < 1.29 is 9.59 Å². The van der Waals surface area contributed by atoms with Crippen LogP contribution in [0, 0.1) is 12.0 Å². The van der Waals surface area contributed by atoms with Crippen molar-refractivity contribution in [2.75, 3.05) is 24.7 Å². The molecule has 0 fully saturated rings. The van der Waals surface area contributed by atoms with E-state index >= 15 is 0 Å². The predicted octanol–water partition coefficient (Wildman–Crippen LogP) is 4.02. The number of benzene rings is 2. The third kappa shape index (κ3) is 4.77. The number of carbonyl (C=O) groups excluding carboxylic acids is 2. The summed E-state index contributed by atoms with van der Waals surface area (Å²) in [5.74, 6) is -0.436. The van der Waals surface area contributed by atoms with Crippen molar-refractivity contribution in [1.82, 2.24) is 14.7 Å². The van der Waals surface area contributed by atoms with E-state index in [-0.39, 0.29) is 17.1 Å². The molecule has 0 aliphatic rings. The van der Waals surface area contributed by atoms with Crippen molar-refractivity contribution >= 4 is 46.4 Å². The summed E-state index contributed by atoms with van der Waals surface area (Å²) < 4.78 is 1.38. The minimum Gasteiger partial charge on any atom is -0.363 e. The number of amidine groups is 1. The summed E-state index contributed by atoms with van der Waals surface area (Å²) in [4.78, 5) is 30.6. The number of aromatic nitrogens is 2. The Balaban J connectivity index is 1.80. The van der Waals surface area contributed by atoms with E-state index in [0.29, 0.717) is 27.7 Å². The largest absolute Gasteiger partial charge is 0.363 e. The summed E-state index contributed by atoms with van der Waals surface area (Å²) in [5, 5.41) is 17.8. The molecule has 2 aromatic carbocycles. The lowest BCUT2D eigenvalue weighted by Gasteiger charge is -2.14. The highest BCUT2D eigenvalue weighted by molar-refractivity contribution is 6.31. The molecule has 3 N–H and O–H groups in total. The summed E-state index contributed by atoms with van der Waals surface area (Å²) in [6.45, 7) is 7.25. The second-order valence-electron chi connectivity index (χ2n) is 7.03. The number of halogens is 1. The fraction of sp³-hybridized carbons (Fsp3) is 0.136. The molecule has 0 radical (unpaired) electrons. The van der Waals surface area contributed by atoms with Gasteiger partial charge in [0.15, 0.2) is 0 Å². The van der Waals surface area contributed by atoms with Crippen molar-refractivity contribution in [1.29, 1.82) is 5.41 Å². The zero-order chi connectivity index (χ0) is 23.4. The highest BCUT2D eigenvalue weighted by Gasteiger charge is 2.20. The summed E-state index contributed by atoms with van der Waals surface area (Å²) in [6, 6.07) is 11.1. The third-order valence-electron chi connectivity index (χ3n) is 4.61. The molecule has 162 valence electrons. The van der Waals surface area contributed by atoms with E-state index in [9.17, 15) is 9.59 Å². The van der Waals surface area contributed by atoms with Gasteiger partial charge in [-0.2, -0.15) is 5.10 Å². The minimum absolute atomic E-state index is 0.137. The normalized spacial score (nSPS) is 10.2. The Labute approximate surface area is 189 Å². The third-order valence-corrected chi connectivity index (χ3v) is 4.85. The van der Waals surface area contributed by atoms with Gasteiger partial charge in [0.05, 0.1) is 12.8 Å². The number of aryl methyl sites for hydroxylation is 1. The first kappa shape index (κ1) is 22.5. The molecule has 0 saturated heterocycles. The van der Waals surface area contributed by atoms with Gasteiger partial charge >= 0.3 is 0 Å². The molecule has 0 unspecified atom stereocenters. The van der Waals surface area contributed by atoms with Crippen molar-refractivity contribution in [3.05, 3.63) is 81.8 Å². The van der Waals surface area contributed by atoms with Crippen molar-refractivity contribution in [2.45, 2.75) is 0 Å². The van der Waals surface area contributed by atoms with Gasteiger partial charge in [0.2, 0.25) is 5.69 Å². The van der Waals surface area contributed by atoms with E-state index in [4.69, 9.17) is 23.6 Å². The monoisotopic (exact) mass is 449 g/mol. The Morgan fingerprint density at radius 2 is 1.75 bits per heavy atom. The summed E-state index contributed by atoms with van der Waals surface area (Å²) in [7, 11) is 5.13. The Morgan fingerprint density at radius 3 is 2.38 bits per heavy atom. The Bertz CT molecular complexity index is 1240. The van der Waals surface area contributed by atoms with Gasteiger partial charge in [-0.1, -0.05) is 23.7 Å². The van der Waals surface area contributed by atoms with Crippen LogP contribution in [0.15, 0.2) is 48.7 Å². The van der Waals surface area contributed by atoms with Gasteiger partial charge in [-0.25, -0.2) is 4.85 Å². The van der Waals surface area contributed by atoms with Crippen LogP contribution in [0.5, 0.6) is 0 Å². The number of amides is 2. The number of nitrogens with one attached hydrogen (secondary N) is 3. The van der Waals surface area contributed by atoms with E-state index in [1.807, 2.05) is 0 Å². The van der Waals surface area contributed by atoms with E-state index in [1.54, 1.807) is 56.4 Å². The van der Waals surface area contributed by atoms with Crippen LogP contribution in [-0.4, -0.2) is 46.4 Å². The van der Waals surface area contributed by atoms with Crippen molar-refractivity contribution in [2.24, 2.45) is 7.05 Å². The molecule has 9 nitrogen and oxygen atoms in total. The number of carbonyl (C=O) groups is 2. The molecule has 3 aromatic rings. The second kappa shape index (κ2) is 9.32. The number of hydrogen-bond acceptors (Lipinski definition) is 4. The summed E-state index contributed by atoms with van der Waals surface area (Å²) in [5.41, 5.74) is 1.67. The van der Waals surface area contributed by atoms with Gasteiger partial charge in [-0.3, -0.25) is 19.7 Å². The van der Waals surface area contributed by atoms with Crippen LogP contribution >= 0.6 is 11.6 Å². The van der Waals surface area contributed by atoms with Gasteiger partial charge < -0.3 is 15.5 Å². The average molecular weight is 450 g/mol. The number of hydrogen-bond donors (Lipinski definition) is 3. The second-order valence-corrected chi connectivity index (χ2v) is 7.47. The lowest BCUT2D eigenvalue weighted by Crippen LogP contribution is -2.22. The number of anilines is 2. The standard InChI is InChI=1S/C22H20ClN7O2/c1-25-18-11-15(23)9-10-17(18)27-22(32)16-12-26-30(4)20(16)28-21(31)14-7-5-13(6-8-14)19(24)29(2)3/h5-12,24H,2-4H3,(H,27,32)(H,28,31). The first-order chi connectivity index (χ1) is 15.2. The lowest BCUT2D eigenvalue weighted by molar-refractivity contribution is 0.102. The maximum atomic E-state index is 12.8. The van der Waals surface area contributed by atoms with Crippen LogP contribution < -0.4 is 10.6 Å². The Kier molecular flexibility index (Phi) is 6.56. The van der Waals surface area contributed by atoms with Gasteiger partial charge in [0, 0.05) is 43.0 Å². The van der Waals surface area contributed by atoms with Crippen LogP contribution in [0.25, 0.3) is 4.85 Å². The molecular weight excluding hydrogens is 430 g/mol. The maximum Gasteiger partial charge on any atom is 0.260 e. The van der Waals surface area contributed by atoms with E-state index in [2.05, 4.69) is 20.6 Å². The molecule has 0 bridgehead atoms. The fourth-order valence-electron chi connectivity index (χ4n) is 2.86. The highest BCUT2D eigenvalue weighted by atomic mass is 35.5. The van der Waals surface area contributed by atoms with Gasteiger partial charge in [-0.15, -0.1) is 0 Å². The Morgan fingerprint density at radius 1 is 1.09 bits per heavy atom. The smallest absolute Gasteiger partial charge is 0.260 e. The first-order valence-electron chi connectivity index (χ1n) is 9.39.